The third kappa shape index (κ3) is 2.69. The van der Waals surface area contributed by atoms with Crippen molar-refractivity contribution in [1.82, 2.24) is 4.90 Å². The van der Waals surface area contributed by atoms with E-state index in [0.29, 0.717) is 11.7 Å². The number of halogens is 1. The highest BCUT2D eigenvalue weighted by molar-refractivity contribution is 5.67. The standard InChI is InChI=1S/C13H20FN3/c1-16-7-3-4-11(9-16)17(2)13-6-5-10(14)8-12(13)15/h5-6,8,11H,3-4,7,9,15H2,1-2H3. The summed E-state index contributed by atoms with van der Waals surface area (Å²) in [5, 5.41) is 0. The van der Waals surface area contributed by atoms with Gasteiger partial charge in [-0.15, -0.1) is 0 Å². The molecule has 1 saturated heterocycles. The molecular formula is C13H20FN3. The van der Waals surface area contributed by atoms with Gasteiger partial charge in [0, 0.05) is 19.6 Å². The van der Waals surface area contributed by atoms with Gasteiger partial charge >= 0.3 is 0 Å². The lowest BCUT2D eigenvalue weighted by molar-refractivity contribution is 0.248. The van der Waals surface area contributed by atoms with E-state index in [0.717, 1.165) is 25.2 Å². The zero-order valence-corrected chi connectivity index (χ0v) is 10.5. The van der Waals surface area contributed by atoms with Crippen LogP contribution < -0.4 is 10.6 Å². The monoisotopic (exact) mass is 237 g/mol. The quantitative estimate of drug-likeness (QED) is 0.798. The molecule has 0 bridgehead atoms. The highest BCUT2D eigenvalue weighted by Crippen LogP contribution is 2.27. The van der Waals surface area contributed by atoms with E-state index < -0.39 is 0 Å². The molecular weight excluding hydrogens is 217 g/mol. The molecule has 1 aliphatic heterocycles. The summed E-state index contributed by atoms with van der Waals surface area (Å²) < 4.78 is 13.0. The highest BCUT2D eigenvalue weighted by Gasteiger charge is 2.22. The normalized spacial score (nSPS) is 21.5. The van der Waals surface area contributed by atoms with Crippen LogP contribution in [0.2, 0.25) is 0 Å². The molecule has 0 radical (unpaired) electrons. The lowest BCUT2D eigenvalue weighted by atomic mass is 10.0. The summed E-state index contributed by atoms with van der Waals surface area (Å²) in [6.07, 6.45) is 2.37. The number of likely N-dealkylation sites (N-methyl/N-ethyl adjacent to an activating group) is 2. The van der Waals surface area contributed by atoms with Crippen molar-refractivity contribution in [2.75, 3.05) is 37.8 Å². The molecule has 2 rings (SSSR count). The number of anilines is 2. The molecule has 1 fully saturated rings. The summed E-state index contributed by atoms with van der Waals surface area (Å²) in [6, 6.07) is 5.08. The molecule has 1 heterocycles. The van der Waals surface area contributed by atoms with Crippen molar-refractivity contribution in [3.05, 3.63) is 24.0 Å². The lowest BCUT2D eigenvalue weighted by Gasteiger charge is -2.37. The minimum absolute atomic E-state index is 0.277. The van der Waals surface area contributed by atoms with Crippen molar-refractivity contribution >= 4 is 11.4 Å². The van der Waals surface area contributed by atoms with E-state index in [9.17, 15) is 4.39 Å². The van der Waals surface area contributed by atoms with Crippen molar-refractivity contribution in [3.63, 3.8) is 0 Å². The highest BCUT2D eigenvalue weighted by atomic mass is 19.1. The van der Waals surface area contributed by atoms with Gasteiger partial charge in [0.05, 0.1) is 11.4 Å². The van der Waals surface area contributed by atoms with E-state index in [4.69, 9.17) is 5.73 Å². The molecule has 1 unspecified atom stereocenters. The average Bonchev–Trinajstić information content (AvgIpc) is 2.28. The van der Waals surface area contributed by atoms with Crippen molar-refractivity contribution in [2.24, 2.45) is 0 Å². The van der Waals surface area contributed by atoms with Crippen LogP contribution in [0.3, 0.4) is 0 Å². The van der Waals surface area contributed by atoms with E-state index in [1.807, 2.05) is 7.05 Å². The van der Waals surface area contributed by atoms with Crippen LogP contribution in [-0.2, 0) is 0 Å². The molecule has 1 aromatic carbocycles. The van der Waals surface area contributed by atoms with Crippen LogP contribution >= 0.6 is 0 Å². The Kier molecular flexibility index (Phi) is 3.52. The Balaban J connectivity index is 2.15. The molecule has 0 spiro atoms. The minimum atomic E-state index is -0.277. The number of likely N-dealkylation sites (tertiary alicyclic amines) is 1. The van der Waals surface area contributed by atoms with Gasteiger partial charge in [0.15, 0.2) is 0 Å². The van der Waals surface area contributed by atoms with Gasteiger partial charge in [0.1, 0.15) is 5.82 Å². The fraction of sp³-hybridized carbons (Fsp3) is 0.538. The second-order valence-corrected chi connectivity index (χ2v) is 4.87. The molecule has 1 aliphatic rings. The van der Waals surface area contributed by atoms with Crippen LogP contribution in [0.25, 0.3) is 0 Å². The topological polar surface area (TPSA) is 32.5 Å². The van der Waals surface area contributed by atoms with E-state index in [2.05, 4.69) is 16.8 Å². The summed E-state index contributed by atoms with van der Waals surface area (Å²) in [4.78, 5) is 4.49. The SMILES string of the molecule is CN1CCCC(N(C)c2ccc(F)cc2N)C1. The van der Waals surface area contributed by atoms with Gasteiger partial charge in [-0.3, -0.25) is 0 Å². The molecule has 0 aliphatic carbocycles. The first-order valence-corrected chi connectivity index (χ1v) is 6.04. The second-order valence-electron chi connectivity index (χ2n) is 4.87. The number of rotatable bonds is 2. The maximum absolute atomic E-state index is 13.0. The Morgan fingerprint density at radius 3 is 2.88 bits per heavy atom. The van der Waals surface area contributed by atoms with Crippen LogP contribution in [0.15, 0.2) is 18.2 Å². The number of hydrogen-bond acceptors (Lipinski definition) is 3. The molecule has 0 aromatic heterocycles. The van der Waals surface area contributed by atoms with Gasteiger partial charge in [-0.25, -0.2) is 4.39 Å². The zero-order valence-electron chi connectivity index (χ0n) is 10.5. The van der Waals surface area contributed by atoms with E-state index in [1.165, 1.54) is 18.6 Å². The molecule has 1 aromatic rings. The summed E-state index contributed by atoms with van der Waals surface area (Å²) in [5.41, 5.74) is 7.31. The van der Waals surface area contributed by atoms with E-state index in [-0.39, 0.29) is 5.82 Å². The van der Waals surface area contributed by atoms with E-state index >= 15 is 0 Å². The molecule has 0 saturated carbocycles. The van der Waals surface area contributed by atoms with Crippen LogP contribution in [0.5, 0.6) is 0 Å². The average molecular weight is 237 g/mol. The van der Waals surface area contributed by atoms with Crippen LogP contribution in [0, 0.1) is 5.82 Å². The summed E-state index contributed by atoms with van der Waals surface area (Å²) in [6.45, 7) is 2.19. The Morgan fingerprint density at radius 1 is 1.47 bits per heavy atom. The first kappa shape index (κ1) is 12.2. The first-order valence-electron chi connectivity index (χ1n) is 6.04. The summed E-state index contributed by atoms with van der Waals surface area (Å²) in [7, 11) is 4.17. The second kappa shape index (κ2) is 4.92. The fourth-order valence-corrected chi connectivity index (χ4v) is 2.50. The summed E-state index contributed by atoms with van der Waals surface area (Å²) in [5.74, 6) is -0.277. The number of piperidine rings is 1. The first-order chi connectivity index (χ1) is 8.08. The summed E-state index contributed by atoms with van der Waals surface area (Å²) >= 11 is 0. The number of nitrogens with two attached hydrogens (primary N) is 1. The van der Waals surface area contributed by atoms with Crippen molar-refractivity contribution < 1.29 is 4.39 Å². The third-order valence-electron chi connectivity index (χ3n) is 3.52. The molecule has 0 amide bonds. The largest absolute Gasteiger partial charge is 0.397 e. The van der Waals surface area contributed by atoms with Gasteiger partial charge < -0.3 is 15.5 Å². The molecule has 94 valence electrons. The van der Waals surface area contributed by atoms with Crippen molar-refractivity contribution in [1.29, 1.82) is 0 Å². The molecule has 1 atom stereocenters. The van der Waals surface area contributed by atoms with Crippen LogP contribution in [0.1, 0.15) is 12.8 Å². The minimum Gasteiger partial charge on any atom is -0.397 e. The van der Waals surface area contributed by atoms with Gasteiger partial charge in [-0.05, 0) is 44.6 Å². The van der Waals surface area contributed by atoms with Crippen LogP contribution in [0.4, 0.5) is 15.8 Å². The maximum Gasteiger partial charge on any atom is 0.125 e. The third-order valence-corrected chi connectivity index (χ3v) is 3.52. The Hall–Kier alpha value is -1.29. The molecule has 4 heteroatoms. The van der Waals surface area contributed by atoms with Gasteiger partial charge in [0.25, 0.3) is 0 Å². The fourth-order valence-electron chi connectivity index (χ4n) is 2.50. The Morgan fingerprint density at radius 2 is 2.24 bits per heavy atom. The lowest BCUT2D eigenvalue weighted by Crippen LogP contribution is -2.45. The van der Waals surface area contributed by atoms with Gasteiger partial charge in [0.2, 0.25) is 0 Å². The number of hydrogen-bond donors (Lipinski definition) is 1. The Labute approximate surface area is 102 Å². The number of nitrogen functional groups attached to an aromatic ring is 1. The van der Waals surface area contributed by atoms with Gasteiger partial charge in [-0.1, -0.05) is 0 Å². The molecule has 3 nitrogen and oxygen atoms in total. The van der Waals surface area contributed by atoms with Crippen molar-refractivity contribution in [3.8, 4) is 0 Å². The number of nitrogens with zero attached hydrogens (tertiary/aromatic N) is 2. The molecule has 2 N–H and O–H groups in total. The van der Waals surface area contributed by atoms with Crippen LogP contribution in [-0.4, -0.2) is 38.1 Å². The smallest absolute Gasteiger partial charge is 0.125 e. The number of benzene rings is 1. The predicted octanol–water partition coefficient (Wildman–Crippen LogP) is 1.94. The molecule has 17 heavy (non-hydrogen) atoms. The zero-order chi connectivity index (χ0) is 12.4. The van der Waals surface area contributed by atoms with Crippen molar-refractivity contribution in [2.45, 2.75) is 18.9 Å². The van der Waals surface area contributed by atoms with Gasteiger partial charge in [-0.2, -0.15) is 0 Å². The van der Waals surface area contributed by atoms with E-state index in [1.54, 1.807) is 6.07 Å². The predicted molar refractivity (Wildman–Crippen MR) is 69.7 cm³/mol. The maximum atomic E-state index is 13.0. The Bertz CT molecular complexity index is 394.